The molecular formula is C11H12N4OS. The van der Waals surface area contributed by atoms with E-state index in [1.54, 1.807) is 47.2 Å². The maximum absolute atomic E-state index is 11.5. The second kappa shape index (κ2) is 5.49. The first-order valence-corrected chi connectivity index (χ1v) is 6.09. The Balaban J connectivity index is 1.94. The molecular weight excluding hydrogens is 236 g/mol. The van der Waals surface area contributed by atoms with Gasteiger partial charge in [-0.1, -0.05) is 0 Å². The number of aryl methyl sites for hydroxylation is 1. The van der Waals surface area contributed by atoms with E-state index < -0.39 is 0 Å². The molecule has 2 heterocycles. The van der Waals surface area contributed by atoms with Crippen molar-refractivity contribution < 1.29 is 0 Å². The van der Waals surface area contributed by atoms with Crippen LogP contribution in [0, 0.1) is 0 Å². The van der Waals surface area contributed by atoms with Gasteiger partial charge in [-0.2, -0.15) is 0 Å². The smallest absolute Gasteiger partial charge is 0.250 e. The van der Waals surface area contributed by atoms with Crippen LogP contribution in [0.4, 0.5) is 5.69 Å². The Labute approximate surface area is 103 Å². The minimum absolute atomic E-state index is 0.0426. The van der Waals surface area contributed by atoms with Gasteiger partial charge in [0.1, 0.15) is 5.03 Å². The van der Waals surface area contributed by atoms with E-state index in [0.717, 1.165) is 10.8 Å². The quantitative estimate of drug-likeness (QED) is 0.817. The molecule has 5 nitrogen and oxygen atoms in total. The molecule has 0 unspecified atom stereocenters. The van der Waals surface area contributed by atoms with Crippen LogP contribution in [-0.4, -0.2) is 20.3 Å². The summed E-state index contributed by atoms with van der Waals surface area (Å²) in [4.78, 5) is 19.6. The number of pyridine rings is 1. The number of nitrogens with two attached hydrogens (primary N) is 1. The van der Waals surface area contributed by atoms with Crippen LogP contribution in [0.2, 0.25) is 0 Å². The molecule has 2 rings (SSSR count). The van der Waals surface area contributed by atoms with Gasteiger partial charge in [0.2, 0.25) is 0 Å². The largest absolute Gasteiger partial charge is 0.398 e. The third-order valence-corrected chi connectivity index (χ3v) is 3.02. The van der Waals surface area contributed by atoms with Crippen molar-refractivity contribution in [2.75, 3.05) is 11.5 Å². The van der Waals surface area contributed by atoms with Gasteiger partial charge in [0, 0.05) is 42.6 Å². The summed E-state index contributed by atoms with van der Waals surface area (Å²) in [7, 11) is 0. The number of thioether (sulfide) groups is 1. The van der Waals surface area contributed by atoms with E-state index in [1.807, 2.05) is 0 Å². The predicted octanol–water partition coefficient (Wildman–Crippen LogP) is 1.01. The Hall–Kier alpha value is -1.82. The number of anilines is 1. The van der Waals surface area contributed by atoms with Gasteiger partial charge in [0.05, 0.1) is 6.20 Å². The number of nitrogens with zero attached hydrogens (tertiary/aromatic N) is 3. The average Bonchev–Trinajstić information content (AvgIpc) is 2.35. The van der Waals surface area contributed by atoms with E-state index in [4.69, 9.17) is 5.73 Å². The molecule has 88 valence electrons. The van der Waals surface area contributed by atoms with E-state index in [2.05, 4.69) is 9.97 Å². The lowest BCUT2D eigenvalue weighted by Gasteiger charge is -2.05. The summed E-state index contributed by atoms with van der Waals surface area (Å²) in [5.41, 5.74) is 6.17. The molecule has 0 aliphatic rings. The minimum atomic E-state index is -0.0426. The number of hydrogen-bond donors (Lipinski definition) is 1. The first-order valence-electron chi connectivity index (χ1n) is 5.10. The van der Waals surface area contributed by atoms with Gasteiger partial charge < -0.3 is 10.3 Å². The van der Waals surface area contributed by atoms with E-state index in [-0.39, 0.29) is 5.56 Å². The van der Waals surface area contributed by atoms with Crippen LogP contribution in [0.1, 0.15) is 0 Å². The number of nitrogen functional groups attached to an aromatic ring is 1. The fraction of sp³-hybridized carbons (Fsp3) is 0.182. The first-order chi connectivity index (χ1) is 8.25. The van der Waals surface area contributed by atoms with Crippen LogP contribution in [0.3, 0.4) is 0 Å². The van der Waals surface area contributed by atoms with Crippen molar-refractivity contribution >= 4 is 17.4 Å². The van der Waals surface area contributed by atoms with Gasteiger partial charge >= 0.3 is 0 Å². The van der Waals surface area contributed by atoms with Crippen LogP contribution in [0.25, 0.3) is 0 Å². The Kier molecular flexibility index (Phi) is 3.77. The summed E-state index contributed by atoms with van der Waals surface area (Å²) in [5.74, 6) is 0.752. The zero-order chi connectivity index (χ0) is 12.1. The molecule has 0 amide bonds. The minimum Gasteiger partial charge on any atom is -0.398 e. The number of hydrogen-bond acceptors (Lipinski definition) is 5. The lowest BCUT2D eigenvalue weighted by atomic mass is 10.4. The Bertz CT molecular complexity index is 541. The molecule has 6 heteroatoms. The Morgan fingerprint density at radius 3 is 3.00 bits per heavy atom. The van der Waals surface area contributed by atoms with E-state index in [9.17, 15) is 4.79 Å². The zero-order valence-corrected chi connectivity index (χ0v) is 9.93. The SMILES string of the molecule is Nc1ccc(=O)n(CCSc2cnccn2)c1. The number of rotatable bonds is 4. The molecule has 0 saturated heterocycles. The maximum Gasteiger partial charge on any atom is 0.250 e. The molecule has 0 spiro atoms. The molecule has 2 aromatic rings. The molecule has 2 N–H and O–H groups in total. The van der Waals surface area contributed by atoms with Crippen molar-refractivity contribution in [2.45, 2.75) is 11.6 Å². The lowest BCUT2D eigenvalue weighted by Crippen LogP contribution is -2.19. The standard InChI is InChI=1S/C11H12N4OS/c12-9-1-2-11(16)15(8-9)5-6-17-10-7-13-3-4-14-10/h1-4,7-8H,5-6,12H2. The highest BCUT2D eigenvalue weighted by Gasteiger charge is 1.98. The average molecular weight is 248 g/mol. The first kappa shape index (κ1) is 11.7. The molecule has 0 radical (unpaired) electrons. The lowest BCUT2D eigenvalue weighted by molar-refractivity contribution is 0.736. The van der Waals surface area contributed by atoms with Crippen molar-refractivity contribution in [3.8, 4) is 0 Å². The van der Waals surface area contributed by atoms with Crippen LogP contribution in [-0.2, 0) is 6.54 Å². The van der Waals surface area contributed by atoms with Crippen LogP contribution in [0.5, 0.6) is 0 Å². The summed E-state index contributed by atoms with van der Waals surface area (Å²) >= 11 is 1.56. The summed E-state index contributed by atoms with van der Waals surface area (Å²) in [5, 5.41) is 0.851. The van der Waals surface area contributed by atoms with Gasteiger partial charge in [-0.05, 0) is 6.07 Å². The second-order valence-electron chi connectivity index (χ2n) is 3.39. The number of aromatic nitrogens is 3. The summed E-state index contributed by atoms with van der Waals surface area (Å²) < 4.78 is 1.60. The highest BCUT2D eigenvalue weighted by Crippen LogP contribution is 2.12. The summed E-state index contributed by atoms with van der Waals surface area (Å²) in [6.45, 7) is 0.602. The summed E-state index contributed by atoms with van der Waals surface area (Å²) in [6.07, 6.45) is 6.63. The second-order valence-corrected chi connectivity index (χ2v) is 4.50. The third-order valence-electron chi connectivity index (χ3n) is 2.13. The van der Waals surface area contributed by atoms with E-state index in [0.29, 0.717) is 12.2 Å². The molecule has 0 aliphatic carbocycles. The van der Waals surface area contributed by atoms with Crippen LogP contribution >= 0.6 is 11.8 Å². The highest BCUT2D eigenvalue weighted by atomic mass is 32.2. The molecule has 0 saturated carbocycles. The monoisotopic (exact) mass is 248 g/mol. The maximum atomic E-state index is 11.5. The molecule has 0 aliphatic heterocycles. The predicted molar refractivity (Wildman–Crippen MR) is 67.9 cm³/mol. The van der Waals surface area contributed by atoms with E-state index in [1.165, 1.54) is 6.07 Å². The van der Waals surface area contributed by atoms with Gasteiger partial charge in [0.25, 0.3) is 5.56 Å². The van der Waals surface area contributed by atoms with Crippen LogP contribution < -0.4 is 11.3 Å². The van der Waals surface area contributed by atoms with Gasteiger partial charge in [-0.3, -0.25) is 9.78 Å². The van der Waals surface area contributed by atoms with Gasteiger partial charge in [-0.25, -0.2) is 4.98 Å². The topological polar surface area (TPSA) is 73.8 Å². The van der Waals surface area contributed by atoms with Crippen molar-refractivity contribution in [1.29, 1.82) is 0 Å². The molecule has 0 atom stereocenters. The van der Waals surface area contributed by atoms with Crippen LogP contribution in [0.15, 0.2) is 46.7 Å². The Morgan fingerprint density at radius 1 is 1.35 bits per heavy atom. The van der Waals surface area contributed by atoms with Crippen molar-refractivity contribution in [2.24, 2.45) is 0 Å². The molecule has 2 aromatic heterocycles. The fourth-order valence-corrected chi connectivity index (χ4v) is 2.10. The van der Waals surface area contributed by atoms with Gasteiger partial charge in [-0.15, -0.1) is 11.8 Å². The normalized spacial score (nSPS) is 10.4. The Morgan fingerprint density at radius 2 is 2.24 bits per heavy atom. The fourth-order valence-electron chi connectivity index (χ4n) is 1.33. The molecule has 0 fully saturated rings. The molecule has 17 heavy (non-hydrogen) atoms. The third kappa shape index (κ3) is 3.32. The zero-order valence-electron chi connectivity index (χ0n) is 9.11. The molecule has 0 bridgehead atoms. The van der Waals surface area contributed by atoms with Crippen molar-refractivity contribution in [3.63, 3.8) is 0 Å². The van der Waals surface area contributed by atoms with Crippen molar-refractivity contribution in [1.82, 2.24) is 14.5 Å². The van der Waals surface area contributed by atoms with Crippen molar-refractivity contribution in [3.05, 3.63) is 47.3 Å². The highest BCUT2D eigenvalue weighted by molar-refractivity contribution is 7.99. The van der Waals surface area contributed by atoms with E-state index >= 15 is 0 Å². The van der Waals surface area contributed by atoms with Gasteiger partial charge in [0.15, 0.2) is 0 Å². The molecule has 0 aromatic carbocycles. The summed E-state index contributed by atoms with van der Waals surface area (Å²) in [6, 6.07) is 3.08.